The normalized spacial score (nSPS) is 15.2. The predicted octanol–water partition coefficient (Wildman–Crippen LogP) is 4.28. The van der Waals surface area contributed by atoms with Crippen LogP contribution in [-0.4, -0.2) is 58.5 Å². The summed E-state index contributed by atoms with van der Waals surface area (Å²) in [5.74, 6) is 2.66. The van der Waals surface area contributed by atoms with Crippen molar-refractivity contribution in [3.05, 3.63) is 53.6 Å². The first-order chi connectivity index (χ1) is 14.9. The zero-order valence-electron chi connectivity index (χ0n) is 19.2. The molecule has 0 atom stereocenters. The maximum Gasteiger partial charge on any atom is 0.341 e. The van der Waals surface area contributed by atoms with Crippen LogP contribution in [0, 0.1) is 5.92 Å². The average molecular weight is 446 g/mol. The molecule has 31 heavy (non-hydrogen) atoms. The minimum atomic E-state index is -0.633. The Balaban J connectivity index is 1.87. The number of aromatic nitrogens is 3. The highest BCUT2D eigenvalue weighted by atomic mass is 32.3. The number of rotatable bonds is 12. The number of nitrogens with zero attached hydrogens (tertiary/aromatic N) is 3. The molecule has 1 fully saturated rings. The number of hydrogen-bond donors (Lipinski definition) is 0. The van der Waals surface area contributed by atoms with Gasteiger partial charge in [-0.05, 0) is 56.4 Å². The third kappa shape index (κ3) is 7.51. The second-order valence-electron chi connectivity index (χ2n) is 8.88. The van der Waals surface area contributed by atoms with Gasteiger partial charge in [0.2, 0.25) is 0 Å². The molecule has 6 nitrogen and oxygen atoms in total. The molecule has 0 spiro atoms. The van der Waals surface area contributed by atoms with E-state index in [-0.39, 0.29) is 5.97 Å². The molecule has 1 aromatic heterocycles. The molecule has 1 heterocycles. The van der Waals surface area contributed by atoms with Crippen molar-refractivity contribution in [2.24, 2.45) is 5.92 Å². The van der Waals surface area contributed by atoms with E-state index >= 15 is 0 Å². The summed E-state index contributed by atoms with van der Waals surface area (Å²) in [5, 5.41) is 8.85. The van der Waals surface area contributed by atoms with E-state index in [0.29, 0.717) is 43.7 Å². The Kier molecular flexibility index (Phi) is 8.32. The van der Waals surface area contributed by atoms with Gasteiger partial charge in [-0.1, -0.05) is 36.4 Å². The number of ether oxygens (including phenoxy) is 2. The first-order valence-electron chi connectivity index (χ1n) is 10.9. The Labute approximate surface area is 187 Å². The molecule has 1 saturated carbocycles. The van der Waals surface area contributed by atoms with E-state index in [1.54, 1.807) is 0 Å². The molecule has 0 unspecified atom stereocenters. The lowest BCUT2D eigenvalue weighted by Crippen LogP contribution is -2.17. The SMILES string of the molecule is CCOC(=O)/C(=C\CC1CC1)c1nnc(Cc2ccccc2)n1COCCS(C)(C)C. The standard InChI is InChI=1S/C24H35N3O3S/c1-5-30-24(28)21(14-13-19-11-12-19)23-26-25-22(17-20-9-7-6-8-10-20)27(23)18-29-15-16-31(2,3)4/h6-10,14,19H,5,11-13,15-18H2,1-4H3/b21-14-. The van der Waals surface area contributed by atoms with Crippen molar-refractivity contribution in [2.45, 2.75) is 39.3 Å². The molecule has 1 aromatic carbocycles. The lowest BCUT2D eigenvalue weighted by atomic mass is 10.1. The first-order valence-corrected chi connectivity index (χ1v) is 14.0. The van der Waals surface area contributed by atoms with Crippen LogP contribution in [0.25, 0.3) is 5.57 Å². The maximum absolute atomic E-state index is 12.7. The highest BCUT2D eigenvalue weighted by Crippen LogP contribution is 2.34. The third-order valence-electron chi connectivity index (χ3n) is 5.18. The average Bonchev–Trinajstić information content (AvgIpc) is 3.47. The summed E-state index contributed by atoms with van der Waals surface area (Å²) in [7, 11) is -0.633. The molecular weight excluding hydrogens is 410 g/mol. The van der Waals surface area contributed by atoms with Crippen LogP contribution < -0.4 is 0 Å². The second-order valence-corrected chi connectivity index (χ2v) is 13.5. The predicted molar refractivity (Wildman–Crippen MR) is 127 cm³/mol. The van der Waals surface area contributed by atoms with Crippen LogP contribution in [0.4, 0.5) is 0 Å². The lowest BCUT2D eigenvalue weighted by molar-refractivity contribution is -0.136. The zero-order valence-corrected chi connectivity index (χ0v) is 20.0. The monoisotopic (exact) mass is 445 g/mol. The maximum atomic E-state index is 12.7. The van der Waals surface area contributed by atoms with E-state index in [1.807, 2.05) is 35.8 Å². The van der Waals surface area contributed by atoms with Gasteiger partial charge in [0.05, 0.1) is 13.2 Å². The summed E-state index contributed by atoms with van der Waals surface area (Å²) in [6.45, 7) is 3.14. The van der Waals surface area contributed by atoms with Gasteiger partial charge in [0.25, 0.3) is 0 Å². The molecule has 170 valence electrons. The van der Waals surface area contributed by atoms with Crippen LogP contribution in [0.5, 0.6) is 0 Å². The quantitative estimate of drug-likeness (QED) is 0.277. The Morgan fingerprint density at radius 2 is 1.94 bits per heavy atom. The van der Waals surface area contributed by atoms with Gasteiger partial charge in [0.1, 0.15) is 18.1 Å². The molecule has 7 heteroatoms. The van der Waals surface area contributed by atoms with Crippen LogP contribution in [0.1, 0.15) is 43.4 Å². The fourth-order valence-electron chi connectivity index (χ4n) is 3.16. The highest BCUT2D eigenvalue weighted by Gasteiger charge is 2.25. The molecular formula is C24H35N3O3S. The topological polar surface area (TPSA) is 66.2 Å². The van der Waals surface area contributed by atoms with Crippen molar-refractivity contribution in [3.8, 4) is 0 Å². The van der Waals surface area contributed by atoms with Crippen LogP contribution in [-0.2, 0) is 27.4 Å². The third-order valence-corrected chi connectivity index (χ3v) is 6.57. The van der Waals surface area contributed by atoms with E-state index < -0.39 is 10.0 Å². The summed E-state index contributed by atoms with van der Waals surface area (Å²) in [4.78, 5) is 12.7. The Bertz CT molecular complexity index is 883. The summed E-state index contributed by atoms with van der Waals surface area (Å²) in [6.07, 6.45) is 12.7. The zero-order chi connectivity index (χ0) is 22.3. The molecule has 1 aliphatic rings. The van der Waals surface area contributed by atoms with Gasteiger partial charge >= 0.3 is 5.97 Å². The number of carbonyl (C=O) groups excluding carboxylic acids is 1. The molecule has 0 radical (unpaired) electrons. The largest absolute Gasteiger partial charge is 0.462 e. The van der Waals surface area contributed by atoms with Crippen molar-refractivity contribution in [3.63, 3.8) is 0 Å². The van der Waals surface area contributed by atoms with Crippen LogP contribution in [0.15, 0.2) is 36.4 Å². The number of carbonyl (C=O) groups is 1. The van der Waals surface area contributed by atoms with Crippen molar-refractivity contribution < 1.29 is 14.3 Å². The smallest absolute Gasteiger partial charge is 0.341 e. The van der Waals surface area contributed by atoms with Crippen molar-refractivity contribution in [1.29, 1.82) is 0 Å². The second kappa shape index (κ2) is 11.0. The van der Waals surface area contributed by atoms with Crippen molar-refractivity contribution >= 4 is 21.6 Å². The Morgan fingerprint density at radius 1 is 1.19 bits per heavy atom. The minimum Gasteiger partial charge on any atom is -0.462 e. The van der Waals surface area contributed by atoms with Crippen LogP contribution >= 0.6 is 10.0 Å². The molecule has 0 saturated heterocycles. The molecule has 0 amide bonds. The molecule has 1 aliphatic carbocycles. The van der Waals surface area contributed by atoms with Gasteiger partial charge in [-0.25, -0.2) is 14.8 Å². The Morgan fingerprint density at radius 3 is 2.58 bits per heavy atom. The summed E-state index contributed by atoms with van der Waals surface area (Å²) in [5.41, 5.74) is 1.63. The number of benzene rings is 1. The molecule has 3 rings (SSSR count). The van der Waals surface area contributed by atoms with Gasteiger partial charge in [-0.15, -0.1) is 10.2 Å². The fraction of sp³-hybridized carbons (Fsp3) is 0.542. The fourth-order valence-corrected chi connectivity index (χ4v) is 3.77. The van der Waals surface area contributed by atoms with Gasteiger partial charge in [0, 0.05) is 12.2 Å². The molecule has 0 bridgehead atoms. The first kappa shape index (κ1) is 23.5. The number of hydrogen-bond acceptors (Lipinski definition) is 5. The van der Waals surface area contributed by atoms with Gasteiger partial charge in [0.15, 0.2) is 5.82 Å². The Hall–Kier alpha value is -2.12. The lowest BCUT2D eigenvalue weighted by Gasteiger charge is -2.24. The van der Waals surface area contributed by atoms with E-state index in [2.05, 4.69) is 41.1 Å². The van der Waals surface area contributed by atoms with Crippen LogP contribution in [0.3, 0.4) is 0 Å². The van der Waals surface area contributed by atoms with E-state index in [4.69, 9.17) is 9.47 Å². The number of allylic oxidation sites excluding steroid dienone is 1. The summed E-state index contributed by atoms with van der Waals surface area (Å²) < 4.78 is 13.3. The van der Waals surface area contributed by atoms with E-state index in [1.165, 1.54) is 12.8 Å². The van der Waals surface area contributed by atoms with Gasteiger partial charge in [-0.3, -0.25) is 4.57 Å². The summed E-state index contributed by atoms with van der Waals surface area (Å²) >= 11 is 0. The molecule has 2 aromatic rings. The molecule has 0 N–H and O–H groups in total. The van der Waals surface area contributed by atoms with Crippen molar-refractivity contribution in [1.82, 2.24) is 14.8 Å². The van der Waals surface area contributed by atoms with Crippen molar-refractivity contribution in [2.75, 3.05) is 37.7 Å². The molecule has 0 aliphatic heterocycles. The minimum absolute atomic E-state index is 0.320. The highest BCUT2D eigenvalue weighted by molar-refractivity contribution is 8.32. The van der Waals surface area contributed by atoms with E-state index in [9.17, 15) is 4.79 Å². The van der Waals surface area contributed by atoms with Gasteiger partial charge in [-0.2, -0.15) is 0 Å². The van der Waals surface area contributed by atoms with Crippen LogP contribution in [0.2, 0.25) is 0 Å². The van der Waals surface area contributed by atoms with Gasteiger partial charge < -0.3 is 9.47 Å². The summed E-state index contributed by atoms with van der Waals surface area (Å²) in [6, 6.07) is 10.2. The van der Waals surface area contributed by atoms with E-state index in [0.717, 1.165) is 23.6 Å². The number of esters is 1.